The average molecular weight is 436 g/mol. The number of rotatable bonds is 3. The molecule has 23 heavy (non-hydrogen) atoms. The molecule has 0 spiro atoms. The SMILES string of the molecule is O=C1CCCN1CCn1c2cc(Br)ccc2c2ccc(Br)cc21. The van der Waals surface area contributed by atoms with Crippen LogP contribution in [0.4, 0.5) is 0 Å². The normalized spacial score (nSPS) is 15.2. The predicted octanol–water partition coefficient (Wildman–Crippen LogP) is 4.94. The Kier molecular flexibility index (Phi) is 3.93. The second-order valence-corrected chi connectivity index (χ2v) is 7.79. The molecule has 0 atom stereocenters. The first-order valence-corrected chi connectivity index (χ1v) is 9.37. The molecule has 0 unspecified atom stereocenters. The molecule has 0 radical (unpaired) electrons. The molecular weight excluding hydrogens is 420 g/mol. The molecule has 118 valence electrons. The number of benzene rings is 2. The Balaban J connectivity index is 1.82. The molecule has 3 aromatic rings. The number of fused-ring (bicyclic) bond motifs is 3. The Bertz CT molecular complexity index is 857. The van der Waals surface area contributed by atoms with E-state index < -0.39 is 0 Å². The molecule has 3 nitrogen and oxygen atoms in total. The highest BCUT2D eigenvalue weighted by Gasteiger charge is 2.20. The van der Waals surface area contributed by atoms with Crippen LogP contribution in [0, 0.1) is 0 Å². The van der Waals surface area contributed by atoms with Crippen LogP contribution in [0.25, 0.3) is 21.8 Å². The first kappa shape index (κ1) is 15.2. The monoisotopic (exact) mass is 434 g/mol. The third-order valence-electron chi connectivity index (χ3n) is 4.56. The van der Waals surface area contributed by atoms with E-state index in [1.54, 1.807) is 0 Å². The molecule has 1 amide bonds. The maximum absolute atomic E-state index is 11.9. The fraction of sp³-hybridized carbons (Fsp3) is 0.278. The first-order chi connectivity index (χ1) is 11.1. The second kappa shape index (κ2) is 5.95. The second-order valence-electron chi connectivity index (χ2n) is 5.96. The molecule has 5 heteroatoms. The van der Waals surface area contributed by atoms with E-state index in [4.69, 9.17) is 0 Å². The van der Waals surface area contributed by atoms with E-state index in [0.717, 1.165) is 35.0 Å². The number of hydrogen-bond acceptors (Lipinski definition) is 1. The van der Waals surface area contributed by atoms with Gasteiger partial charge in [-0.25, -0.2) is 0 Å². The van der Waals surface area contributed by atoms with E-state index in [1.165, 1.54) is 21.8 Å². The van der Waals surface area contributed by atoms with Gasteiger partial charge in [0.15, 0.2) is 0 Å². The number of likely N-dealkylation sites (tertiary alicyclic amines) is 1. The first-order valence-electron chi connectivity index (χ1n) is 7.78. The zero-order valence-electron chi connectivity index (χ0n) is 12.6. The Morgan fingerprint density at radius 3 is 2.04 bits per heavy atom. The van der Waals surface area contributed by atoms with Crippen LogP contribution in [0.1, 0.15) is 12.8 Å². The lowest BCUT2D eigenvalue weighted by Crippen LogP contribution is -2.28. The van der Waals surface area contributed by atoms with Crippen molar-refractivity contribution in [2.45, 2.75) is 19.4 Å². The van der Waals surface area contributed by atoms with E-state index in [2.05, 4.69) is 72.8 Å². The quantitative estimate of drug-likeness (QED) is 0.571. The van der Waals surface area contributed by atoms with Crippen molar-refractivity contribution in [3.8, 4) is 0 Å². The third-order valence-corrected chi connectivity index (χ3v) is 5.54. The van der Waals surface area contributed by atoms with E-state index in [1.807, 2.05) is 4.90 Å². The van der Waals surface area contributed by atoms with E-state index in [-0.39, 0.29) is 5.91 Å². The van der Waals surface area contributed by atoms with Crippen molar-refractivity contribution in [1.29, 1.82) is 0 Å². The van der Waals surface area contributed by atoms with E-state index in [9.17, 15) is 4.79 Å². The highest BCUT2D eigenvalue weighted by molar-refractivity contribution is 9.10. The zero-order chi connectivity index (χ0) is 16.0. The lowest BCUT2D eigenvalue weighted by molar-refractivity contribution is -0.127. The molecular formula is C18H16Br2N2O. The van der Waals surface area contributed by atoms with Gasteiger partial charge in [-0.2, -0.15) is 0 Å². The average Bonchev–Trinajstić information content (AvgIpc) is 3.06. The summed E-state index contributed by atoms with van der Waals surface area (Å²) in [5, 5.41) is 2.51. The van der Waals surface area contributed by atoms with Crippen molar-refractivity contribution in [3.05, 3.63) is 45.3 Å². The van der Waals surface area contributed by atoms with E-state index in [0.29, 0.717) is 6.42 Å². The molecule has 1 aliphatic heterocycles. The maximum Gasteiger partial charge on any atom is 0.222 e. The van der Waals surface area contributed by atoms with Gasteiger partial charge >= 0.3 is 0 Å². The highest BCUT2D eigenvalue weighted by Crippen LogP contribution is 2.32. The molecule has 0 bridgehead atoms. The largest absolute Gasteiger partial charge is 0.341 e. The number of carbonyl (C=O) groups excluding carboxylic acids is 1. The minimum absolute atomic E-state index is 0.285. The van der Waals surface area contributed by atoms with Crippen LogP contribution >= 0.6 is 31.9 Å². The highest BCUT2D eigenvalue weighted by atomic mass is 79.9. The number of halogens is 2. The van der Waals surface area contributed by atoms with Gasteiger partial charge in [0.25, 0.3) is 0 Å². The van der Waals surface area contributed by atoms with E-state index >= 15 is 0 Å². The minimum atomic E-state index is 0.285. The summed E-state index contributed by atoms with van der Waals surface area (Å²) < 4.78 is 4.47. The van der Waals surface area contributed by atoms with Crippen molar-refractivity contribution < 1.29 is 4.79 Å². The molecule has 0 aliphatic carbocycles. The summed E-state index contributed by atoms with van der Waals surface area (Å²) in [6.07, 6.45) is 1.69. The Hall–Kier alpha value is -1.33. The molecule has 0 N–H and O–H groups in total. The molecule has 2 aromatic carbocycles. The van der Waals surface area contributed by atoms with Crippen molar-refractivity contribution in [2.75, 3.05) is 13.1 Å². The van der Waals surface area contributed by atoms with Gasteiger partial charge in [0.1, 0.15) is 0 Å². The lowest BCUT2D eigenvalue weighted by Gasteiger charge is -2.17. The van der Waals surface area contributed by atoms with Crippen LogP contribution in [0.15, 0.2) is 45.3 Å². The smallest absolute Gasteiger partial charge is 0.222 e. The summed E-state index contributed by atoms with van der Waals surface area (Å²) in [4.78, 5) is 13.9. The van der Waals surface area contributed by atoms with Crippen LogP contribution in [0.3, 0.4) is 0 Å². The van der Waals surface area contributed by atoms with Gasteiger partial charge in [-0.3, -0.25) is 4.79 Å². The van der Waals surface area contributed by atoms with Crippen LogP contribution in [0.2, 0.25) is 0 Å². The van der Waals surface area contributed by atoms with Crippen molar-refractivity contribution >= 4 is 59.6 Å². The zero-order valence-corrected chi connectivity index (χ0v) is 15.7. The summed E-state index contributed by atoms with van der Waals surface area (Å²) in [5.41, 5.74) is 2.42. The molecule has 0 saturated carbocycles. The summed E-state index contributed by atoms with van der Waals surface area (Å²) in [7, 11) is 0. The molecule has 1 saturated heterocycles. The summed E-state index contributed by atoms with van der Waals surface area (Å²) in [6, 6.07) is 12.8. The van der Waals surface area contributed by atoms with Crippen LogP contribution < -0.4 is 0 Å². The maximum atomic E-state index is 11.9. The number of carbonyl (C=O) groups is 1. The Morgan fingerprint density at radius 1 is 0.913 bits per heavy atom. The van der Waals surface area contributed by atoms with Crippen molar-refractivity contribution in [2.24, 2.45) is 0 Å². The fourth-order valence-corrected chi connectivity index (χ4v) is 4.14. The van der Waals surface area contributed by atoms with Gasteiger partial charge in [0.05, 0.1) is 11.0 Å². The number of hydrogen-bond donors (Lipinski definition) is 0. The van der Waals surface area contributed by atoms with Gasteiger partial charge in [0.2, 0.25) is 5.91 Å². The molecule has 2 heterocycles. The lowest BCUT2D eigenvalue weighted by atomic mass is 10.2. The number of nitrogens with zero attached hydrogens (tertiary/aromatic N) is 2. The van der Waals surface area contributed by atoms with Crippen LogP contribution in [-0.4, -0.2) is 28.5 Å². The summed E-state index contributed by atoms with van der Waals surface area (Å²) >= 11 is 7.16. The van der Waals surface area contributed by atoms with Gasteiger partial charge in [-0.15, -0.1) is 0 Å². The standard InChI is InChI=1S/C18H16Br2N2O/c19-12-3-5-14-15-6-4-13(20)11-17(15)22(16(14)10-12)9-8-21-7-1-2-18(21)23/h3-6,10-11H,1-2,7-9H2. The summed E-state index contributed by atoms with van der Waals surface area (Å²) in [6.45, 7) is 2.48. The molecule has 1 aromatic heterocycles. The molecule has 4 rings (SSSR count). The van der Waals surface area contributed by atoms with Crippen LogP contribution in [-0.2, 0) is 11.3 Å². The Labute approximate surface area is 151 Å². The fourth-order valence-electron chi connectivity index (χ4n) is 3.44. The third kappa shape index (κ3) is 2.70. The molecule has 1 aliphatic rings. The van der Waals surface area contributed by atoms with Gasteiger partial charge in [-0.1, -0.05) is 44.0 Å². The number of amides is 1. The molecule has 1 fully saturated rings. The minimum Gasteiger partial charge on any atom is -0.341 e. The summed E-state index contributed by atoms with van der Waals surface area (Å²) in [5.74, 6) is 0.285. The Morgan fingerprint density at radius 2 is 1.52 bits per heavy atom. The van der Waals surface area contributed by atoms with Gasteiger partial charge < -0.3 is 9.47 Å². The topological polar surface area (TPSA) is 25.2 Å². The van der Waals surface area contributed by atoms with Crippen LogP contribution in [0.5, 0.6) is 0 Å². The van der Waals surface area contributed by atoms with Crippen molar-refractivity contribution in [3.63, 3.8) is 0 Å². The van der Waals surface area contributed by atoms with Gasteiger partial charge in [0, 0.05) is 45.8 Å². The number of aromatic nitrogens is 1. The van der Waals surface area contributed by atoms with Crippen molar-refractivity contribution in [1.82, 2.24) is 9.47 Å². The predicted molar refractivity (Wildman–Crippen MR) is 101 cm³/mol. The van der Waals surface area contributed by atoms with Gasteiger partial charge in [-0.05, 0) is 30.7 Å².